The summed E-state index contributed by atoms with van der Waals surface area (Å²) in [5, 5.41) is 0. The molecule has 1 fully saturated rings. The second kappa shape index (κ2) is 7.63. The largest absolute Gasteiger partial charge is 0.487 e. The van der Waals surface area contributed by atoms with Crippen LogP contribution in [0.1, 0.15) is 49.7 Å². The lowest BCUT2D eigenvalue weighted by Crippen LogP contribution is -2.36. The van der Waals surface area contributed by atoms with Gasteiger partial charge in [0.1, 0.15) is 12.4 Å². The van der Waals surface area contributed by atoms with Crippen molar-refractivity contribution < 1.29 is 9.30 Å². The third kappa shape index (κ3) is 4.57. The summed E-state index contributed by atoms with van der Waals surface area (Å²) in [5.41, 5.74) is 2.74. The molecule has 1 aliphatic carbocycles. The molecule has 0 atom stereocenters. The van der Waals surface area contributed by atoms with Gasteiger partial charge in [0.05, 0.1) is 0 Å². The maximum absolute atomic E-state index is 5.83. The first kappa shape index (κ1) is 16.0. The van der Waals surface area contributed by atoms with Gasteiger partial charge in [-0.2, -0.15) is 0 Å². The van der Waals surface area contributed by atoms with E-state index in [0.717, 1.165) is 24.1 Å². The van der Waals surface area contributed by atoms with Crippen LogP contribution in [-0.4, -0.2) is 6.61 Å². The smallest absolute Gasteiger partial charge is 0.182 e. The number of aromatic nitrogens is 1. The molecular formula is C21H28NO+. The van der Waals surface area contributed by atoms with Crippen LogP contribution in [0.3, 0.4) is 0 Å². The summed E-state index contributed by atoms with van der Waals surface area (Å²) >= 11 is 0. The normalized spacial score (nSPS) is 21.1. The molecular weight excluding hydrogens is 282 g/mol. The van der Waals surface area contributed by atoms with Gasteiger partial charge in [-0.25, -0.2) is 4.57 Å². The highest BCUT2D eigenvalue weighted by atomic mass is 16.5. The number of rotatable bonds is 5. The SMILES string of the molecule is Cc1cccc(OCC[n+]2ccc(C3CCC(C)CC3)cc2)c1. The van der Waals surface area contributed by atoms with E-state index in [4.69, 9.17) is 4.74 Å². The van der Waals surface area contributed by atoms with Crippen molar-refractivity contribution in [1.82, 2.24) is 0 Å². The van der Waals surface area contributed by atoms with E-state index in [0.29, 0.717) is 6.61 Å². The van der Waals surface area contributed by atoms with Crippen LogP contribution in [0.5, 0.6) is 5.75 Å². The zero-order valence-corrected chi connectivity index (χ0v) is 14.4. The number of hydrogen-bond acceptors (Lipinski definition) is 1. The lowest BCUT2D eigenvalue weighted by Gasteiger charge is -2.25. The molecule has 2 nitrogen and oxygen atoms in total. The second-order valence-electron chi connectivity index (χ2n) is 6.99. The number of hydrogen-bond donors (Lipinski definition) is 0. The van der Waals surface area contributed by atoms with Crippen molar-refractivity contribution in [2.45, 2.75) is 52.0 Å². The Morgan fingerprint density at radius 2 is 1.78 bits per heavy atom. The van der Waals surface area contributed by atoms with Crippen LogP contribution in [0, 0.1) is 12.8 Å². The molecule has 122 valence electrons. The lowest BCUT2D eigenvalue weighted by atomic mass is 9.80. The zero-order chi connectivity index (χ0) is 16.1. The molecule has 0 amide bonds. The third-order valence-electron chi connectivity index (χ3n) is 5.01. The number of benzene rings is 1. The molecule has 2 aromatic rings. The quantitative estimate of drug-likeness (QED) is 0.732. The fourth-order valence-corrected chi connectivity index (χ4v) is 3.46. The van der Waals surface area contributed by atoms with E-state index in [1.165, 1.54) is 36.8 Å². The molecule has 23 heavy (non-hydrogen) atoms. The number of aryl methyl sites for hydroxylation is 1. The Kier molecular flexibility index (Phi) is 5.32. The molecule has 1 heterocycles. The molecule has 0 N–H and O–H groups in total. The molecule has 0 aliphatic heterocycles. The summed E-state index contributed by atoms with van der Waals surface area (Å²) in [4.78, 5) is 0. The van der Waals surface area contributed by atoms with E-state index in [2.05, 4.69) is 55.1 Å². The Hall–Kier alpha value is -1.83. The number of nitrogens with zero attached hydrogens (tertiary/aromatic N) is 1. The number of pyridine rings is 1. The summed E-state index contributed by atoms with van der Waals surface area (Å²) in [6, 6.07) is 12.8. The van der Waals surface area contributed by atoms with Crippen LogP contribution >= 0.6 is 0 Å². The van der Waals surface area contributed by atoms with E-state index in [-0.39, 0.29) is 0 Å². The molecule has 0 radical (unpaired) electrons. The first-order valence-electron chi connectivity index (χ1n) is 8.89. The molecule has 1 aliphatic rings. The van der Waals surface area contributed by atoms with Crippen LogP contribution < -0.4 is 9.30 Å². The maximum Gasteiger partial charge on any atom is 0.182 e. The van der Waals surface area contributed by atoms with Crippen LogP contribution in [0.25, 0.3) is 0 Å². The van der Waals surface area contributed by atoms with Gasteiger partial charge in [0.25, 0.3) is 0 Å². The van der Waals surface area contributed by atoms with E-state index in [1.54, 1.807) is 0 Å². The summed E-state index contributed by atoms with van der Waals surface area (Å²) in [6.45, 7) is 6.06. The van der Waals surface area contributed by atoms with Crippen molar-refractivity contribution in [3.05, 3.63) is 59.9 Å². The highest BCUT2D eigenvalue weighted by Gasteiger charge is 2.20. The van der Waals surface area contributed by atoms with E-state index < -0.39 is 0 Å². The first-order valence-corrected chi connectivity index (χ1v) is 8.89. The van der Waals surface area contributed by atoms with Gasteiger partial charge in [0.2, 0.25) is 0 Å². The van der Waals surface area contributed by atoms with Crippen molar-refractivity contribution in [3.63, 3.8) is 0 Å². The van der Waals surface area contributed by atoms with Gasteiger partial charge < -0.3 is 4.74 Å². The van der Waals surface area contributed by atoms with E-state index in [1.807, 2.05) is 12.1 Å². The third-order valence-corrected chi connectivity index (χ3v) is 5.01. The Labute approximate surface area is 140 Å². The summed E-state index contributed by atoms with van der Waals surface area (Å²) in [7, 11) is 0. The van der Waals surface area contributed by atoms with E-state index in [9.17, 15) is 0 Å². The number of ether oxygens (including phenoxy) is 1. The predicted octanol–water partition coefficient (Wildman–Crippen LogP) is 4.66. The summed E-state index contributed by atoms with van der Waals surface area (Å²) < 4.78 is 8.04. The highest BCUT2D eigenvalue weighted by Crippen LogP contribution is 2.34. The Bertz CT molecular complexity index is 612. The van der Waals surface area contributed by atoms with Crippen LogP contribution in [0.4, 0.5) is 0 Å². The standard InChI is InChI=1S/C21H28NO/c1-17-6-8-19(9-7-17)20-10-12-22(13-11-20)14-15-23-21-5-3-4-18(2)16-21/h3-5,10-13,16-17,19H,6-9,14-15H2,1-2H3/q+1. The van der Waals surface area contributed by atoms with Crippen molar-refractivity contribution in [3.8, 4) is 5.75 Å². The van der Waals surface area contributed by atoms with Gasteiger partial charge in [-0.3, -0.25) is 0 Å². The van der Waals surface area contributed by atoms with Crippen molar-refractivity contribution in [1.29, 1.82) is 0 Å². The van der Waals surface area contributed by atoms with Crippen LogP contribution in [0.2, 0.25) is 0 Å². The van der Waals surface area contributed by atoms with Gasteiger partial charge in [-0.1, -0.05) is 31.9 Å². The molecule has 0 unspecified atom stereocenters. The maximum atomic E-state index is 5.83. The topological polar surface area (TPSA) is 13.1 Å². The molecule has 0 saturated heterocycles. The lowest BCUT2D eigenvalue weighted by molar-refractivity contribution is -0.697. The Balaban J connectivity index is 1.49. The minimum Gasteiger partial charge on any atom is -0.487 e. The average molecular weight is 310 g/mol. The molecule has 2 heteroatoms. The molecule has 1 saturated carbocycles. The van der Waals surface area contributed by atoms with Gasteiger partial charge in [-0.15, -0.1) is 0 Å². The Morgan fingerprint density at radius 3 is 2.48 bits per heavy atom. The van der Waals surface area contributed by atoms with Crippen molar-refractivity contribution in [2.75, 3.05) is 6.61 Å². The minimum atomic E-state index is 0.703. The predicted molar refractivity (Wildman–Crippen MR) is 93.7 cm³/mol. The summed E-state index contributed by atoms with van der Waals surface area (Å²) in [5.74, 6) is 2.64. The van der Waals surface area contributed by atoms with Crippen LogP contribution in [-0.2, 0) is 6.54 Å². The van der Waals surface area contributed by atoms with E-state index >= 15 is 0 Å². The second-order valence-corrected chi connectivity index (χ2v) is 6.99. The van der Waals surface area contributed by atoms with Crippen LogP contribution in [0.15, 0.2) is 48.8 Å². The summed E-state index contributed by atoms with van der Waals surface area (Å²) in [6.07, 6.45) is 9.86. The minimum absolute atomic E-state index is 0.703. The molecule has 3 rings (SSSR count). The first-order chi connectivity index (χ1) is 11.2. The van der Waals surface area contributed by atoms with Crippen molar-refractivity contribution >= 4 is 0 Å². The van der Waals surface area contributed by atoms with Crippen molar-refractivity contribution in [2.24, 2.45) is 5.92 Å². The molecule has 0 spiro atoms. The Morgan fingerprint density at radius 1 is 1.04 bits per heavy atom. The molecule has 1 aromatic heterocycles. The molecule has 1 aromatic carbocycles. The van der Waals surface area contributed by atoms with Gasteiger partial charge in [-0.05, 0) is 54.9 Å². The van der Waals surface area contributed by atoms with Gasteiger partial charge in [0, 0.05) is 12.1 Å². The monoisotopic (exact) mass is 310 g/mol. The molecule has 0 bridgehead atoms. The van der Waals surface area contributed by atoms with Gasteiger partial charge >= 0.3 is 0 Å². The zero-order valence-electron chi connectivity index (χ0n) is 14.4. The fraction of sp³-hybridized carbons (Fsp3) is 0.476. The highest BCUT2D eigenvalue weighted by molar-refractivity contribution is 5.27. The fourth-order valence-electron chi connectivity index (χ4n) is 3.46. The average Bonchev–Trinajstić information content (AvgIpc) is 2.56. The van der Waals surface area contributed by atoms with Gasteiger partial charge in [0.15, 0.2) is 18.9 Å².